The molecular formula is C18H15ClF3N3O2. The number of anilines is 1. The second kappa shape index (κ2) is 7.11. The van der Waals surface area contributed by atoms with Gasteiger partial charge in [0.15, 0.2) is 5.76 Å². The first kappa shape index (κ1) is 19.0. The zero-order valence-corrected chi connectivity index (χ0v) is 15.1. The van der Waals surface area contributed by atoms with Crippen LogP contribution in [-0.2, 0) is 12.7 Å². The number of aromatic nitrogens is 2. The van der Waals surface area contributed by atoms with Crippen molar-refractivity contribution in [1.29, 1.82) is 0 Å². The van der Waals surface area contributed by atoms with Crippen LogP contribution in [0.3, 0.4) is 0 Å². The van der Waals surface area contributed by atoms with E-state index in [1.165, 1.54) is 24.3 Å². The highest BCUT2D eigenvalue weighted by Gasteiger charge is 2.33. The van der Waals surface area contributed by atoms with E-state index in [1.807, 2.05) is 0 Å². The molecule has 0 bridgehead atoms. The summed E-state index contributed by atoms with van der Waals surface area (Å²) < 4.78 is 46.2. The molecule has 0 spiro atoms. The molecule has 27 heavy (non-hydrogen) atoms. The van der Waals surface area contributed by atoms with Crippen LogP contribution in [0.4, 0.5) is 18.9 Å². The molecule has 3 aromatic rings. The monoisotopic (exact) mass is 397 g/mol. The summed E-state index contributed by atoms with van der Waals surface area (Å²) in [6.45, 7) is 3.81. The van der Waals surface area contributed by atoms with Gasteiger partial charge in [0.2, 0.25) is 0 Å². The number of aryl methyl sites for hydroxylation is 1. The highest BCUT2D eigenvalue weighted by atomic mass is 35.5. The van der Waals surface area contributed by atoms with Crippen LogP contribution in [0.15, 0.2) is 40.8 Å². The number of carbonyl (C=O) groups excluding carboxylic acids is 1. The Morgan fingerprint density at radius 3 is 2.56 bits per heavy atom. The van der Waals surface area contributed by atoms with Crippen molar-refractivity contribution < 1.29 is 22.4 Å². The molecule has 0 aliphatic carbocycles. The summed E-state index contributed by atoms with van der Waals surface area (Å²) in [5.74, 6) is -0.453. The molecular weight excluding hydrogens is 383 g/mol. The molecule has 0 saturated heterocycles. The second-order valence-electron chi connectivity index (χ2n) is 5.91. The summed E-state index contributed by atoms with van der Waals surface area (Å²) in [5.41, 5.74) is 0.152. The van der Waals surface area contributed by atoms with Crippen LogP contribution in [0.5, 0.6) is 0 Å². The number of amides is 1. The number of nitrogens with zero attached hydrogens (tertiary/aromatic N) is 2. The average molecular weight is 398 g/mol. The summed E-state index contributed by atoms with van der Waals surface area (Å²) >= 11 is 6.09. The third-order valence-corrected chi connectivity index (χ3v) is 4.51. The Hall–Kier alpha value is -2.74. The third-order valence-electron chi connectivity index (χ3n) is 3.96. The van der Waals surface area contributed by atoms with Crippen molar-refractivity contribution in [2.24, 2.45) is 0 Å². The van der Waals surface area contributed by atoms with E-state index in [2.05, 4.69) is 10.4 Å². The Balaban J connectivity index is 1.77. The van der Waals surface area contributed by atoms with E-state index < -0.39 is 17.6 Å². The van der Waals surface area contributed by atoms with Crippen LogP contribution in [0.25, 0.3) is 0 Å². The van der Waals surface area contributed by atoms with Crippen LogP contribution >= 0.6 is 11.6 Å². The number of rotatable bonds is 4. The minimum absolute atomic E-state index is 0.102. The first-order chi connectivity index (χ1) is 12.7. The van der Waals surface area contributed by atoms with Crippen molar-refractivity contribution in [2.75, 3.05) is 5.32 Å². The Morgan fingerprint density at radius 2 is 1.93 bits per heavy atom. The number of halogens is 4. The molecule has 2 heterocycles. The van der Waals surface area contributed by atoms with Crippen LogP contribution < -0.4 is 5.32 Å². The third kappa shape index (κ3) is 4.00. The molecule has 2 aromatic heterocycles. The summed E-state index contributed by atoms with van der Waals surface area (Å²) in [7, 11) is 0. The molecule has 3 rings (SSSR count). The van der Waals surface area contributed by atoms with E-state index in [4.69, 9.17) is 16.0 Å². The maximum atomic E-state index is 13.0. The van der Waals surface area contributed by atoms with Gasteiger partial charge in [-0.25, -0.2) is 0 Å². The maximum Gasteiger partial charge on any atom is 0.418 e. The maximum absolute atomic E-state index is 13.0. The van der Waals surface area contributed by atoms with Gasteiger partial charge in [-0.05, 0) is 38.1 Å². The van der Waals surface area contributed by atoms with Gasteiger partial charge in [-0.2, -0.15) is 18.3 Å². The SMILES string of the molecule is Cc1nn(Cc2ccc(C(=O)Nc3ccccc3C(F)(F)F)o2)c(C)c1Cl. The fourth-order valence-corrected chi connectivity index (χ4v) is 2.72. The number of nitrogens with one attached hydrogen (secondary N) is 1. The van der Waals surface area contributed by atoms with E-state index >= 15 is 0 Å². The zero-order chi connectivity index (χ0) is 19.8. The van der Waals surface area contributed by atoms with Crippen LogP contribution in [0.1, 0.15) is 33.3 Å². The van der Waals surface area contributed by atoms with Gasteiger partial charge in [-0.15, -0.1) is 0 Å². The lowest BCUT2D eigenvalue weighted by Gasteiger charge is -2.12. The second-order valence-corrected chi connectivity index (χ2v) is 6.28. The number of hydrogen-bond donors (Lipinski definition) is 1. The highest BCUT2D eigenvalue weighted by Crippen LogP contribution is 2.34. The molecule has 0 radical (unpaired) electrons. The minimum Gasteiger partial charge on any atom is -0.454 e. The predicted octanol–water partition coefficient (Wildman–Crippen LogP) is 5.07. The van der Waals surface area contributed by atoms with Gasteiger partial charge in [-0.1, -0.05) is 23.7 Å². The van der Waals surface area contributed by atoms with Gasteiger partial charge in [-0.3, -0.25) is 9.48 Å². The summed E-state index contributed by atoms with van der Waals surface area (Å²) in [6.07, 6.45) is -4.58. The number of carbonyl (C=O) groups is 1. The number of alkyl halides is 3. The van der Waals surface area contributed by atoms with E-state index in [0.717, 1.165) is 11.8 Å². The Morgan fingerprint density at radius 1 is 1.22 bits per heavy atom. The molecule has 0 atom stereocenters. The largest absolute Gasteiger partial charge is 0.454 e. The minimum atomic E-state index is -4.58. The molecule has 142 valence electrons. The van der Waals surface area contributed by atoms with Gasteiger partial charge in [0, 0.05) is 0 Å². The zero-order valence-electron chi connectivity index (χ0n) is 14.4. The summed E-state index contributed by atoms with van der Waals surface area (Å²) in [4.78, 5) is 12.3. The number of furan rings is 1. The van der Waals surface area contributed by atoms with Gasteiger partial charge >= 0.3 is 6.18 Å². The van der Waals surface area contributed by atoms with Crippen molar-refractivity contribution in [3.05, 3.63) is 69.9 Å². The van der Waals surface area contributed by atoms with E-state index in [9.17, 15) is 18.0 Å². The van der Waals surface area contributed by atoms with E-state index in [-0.39, 0.29) is 18.0 Å². The number of benzene rings is 1. The molecule has 0 saturated carbocycles. The standard InChI is InChI=1S/C18H15ClF3N3O2/c1-10-16(19)11(2)25(24-10)9-12-7-8-15(27-12)17(26)23-14-6-4-3-5-13(14)18(20,21)22/h3-8H,9H2,1-2H3,(H,23,26). The Bertz CT molecular complexity index is 992. The molecule has 0 aliphatic rings. The van der Waals surface area contributed by atoms with Gasteiger partial charge < -0.3 is 9.73 Å². The first-order valence-electron chi connectivity index (χ1n) is 7.92. The Kier molecular flexibility index (Phi) is 5.01. The van der Waals surface area contributed by atoms with Gasteiger partial charge in [0.25, 0.3) is 5.91 Å². The van der Waals surface area contributed by atoms with Crippen molar-refractivity contribution in [3.63, 3.8) is 0 Å². The molecule has 1 aromatic carbocycles. The van der Waals surface area contributed by atoms with Gasteiger partial charge in [0.1, 0.15) is 5.76 Å². The van der Waals surface area contributed by atoms with Crippen LogP contribution in [0, 0.1) is 13.8 Å². The molecule has 5 nitrogen and oxygen atoms in total. The van der Waals surface area contributed by atoms with Crippen LogP contribution in [0.2, 0.25) is 5.02 Å². The lowest BCUT2D eigenvalue weighted by atomic mass is 10.1. The van der Waals surface area contributed by atoms with Gasteiger partial charge in [0.05, 0.1) is 34.2 Å². The van der Waals surface area contributed by atoms with Crippen LogP contribution in [-0.4, -0.2) is 15.7 Å². The summed E-state index contributed by atoms with van der Waals surface area (Å²) in [5, 5.41) is 7.05. The number of para-hydroxylation sites is 1. The van der Waals surface area contributed by atoms with Crippen molar-refractivity contribution >= 4 is 23.2 Å². The lowest BCUT2D eigenvalue weighted by Crippen LogP contribution is -2.16. The average Bonchev–Trinajstić information content (AvgIpc) is 3.16. The van der Waals surface area contributed by atoms with Crippen molar-refractivity contribution in [1.82, 2.24) is 9.78 Å². The topological polar surface area (TPSA) is 60.1 Å². The Labute approximate surface area is 157 Å². The first-order valence-corrected chi connectivity index (χ1v) is 8.30. The van der Waals surface area contributed by atoms with E-state index in [1.54, 1.807) is 24.6 Å². The molecule has 1 amide bonds. The predicted molar refractivity (Wildman–Crippen MR) is 93.9 cm³/mol. The molecule has 0 unspecified atom stereocenters. The van der Waals surface area contributed by atoms with Crippen molar-refractivity contribution in [3.8, 4) is 0 Å². The quantitative estimate of drug-likeness (QED) is 0.669. The normalized spacial score (nSPS) is 11.6. The molecule has 0 aliphatic heterocycles. The van der Waals surface area contributed by atoms with Crippen molar-refractivity contribution in [2.45, 2.75) is 26.6 Å². The molecule has 9 heteroatoms. The fourth-order valence-electron chi connectivity index (χ4n) is 2.58. The molecule has 0 fully saturated rings. The smallest absolute Gasteiger partial charge is 0.418 e. The molecule has 1 N–H and O–H groups in total. The highest BCUT2D eigenvalue weighted by molar-refractivity contribution is 6.31. The number of hydrogen-bond acceptors (Lipinski definition) is 3. The van der Waals surface area contributed by atoms with E-state index in [0.29, 0.717) is 16.5 Å². The summed E-state index contributed by atoms with van der Waals surface area (Å²) in [6, 6.07) is 7.70. The lowest BCUT2D eigenvalue weighted by molar-refractivity contribution is -0.136. The fraction of sp³-hybridized carbons (Fsp3) is 0.222.